The third-order valence-electron chi connectivity index (χ3n) is 4.00. The normalized spacial score (nSPS) is 11.4. The highest BCUT2D eigenvalue weighted by Crippen LogP contribution is 2.37. The van der Waals surface area contributed by atoms with Crippen LogP contribution < -0.4 is 0 Å². The molecule has 0 aliphatic rings. The van der Waals surface area contributed by atoms with Crippen LogP contribution >= 0.6 is 22.9 Å². The quantitative estimate of drug-likeness (QED) is 0.455. The Hall–Kier alpha value is -2.83. The van der Waals surface area contributed by atoms with Gasteiger partial charge in [-0.15, -0.1) is 21.5 Å². The molecule has 0 aliphatic heterocycles. The van der Waals surface area contributed by atoms with Gasteiger partial charge in [0, 0.05) is 29.4 Å². The Bertz CT molecular complexity index is 1190. The van der Waals surface area contributed by atoms with Crippen LogP contribution in [0.5, 0.6) is 0 Å². The molecule has 0 saturated carbocycles. The number of imidazole rings is 1. The predicted molar refractivity (Wildman–Crippen MR) is 99.8 cm³/mol. The summed E-state index contributed by atoms with van der Waals surface area (Å²) < 4.78 is 1.96. The molecule has 0 atom stereocenters. The van der Waals surface area contributed by atoms with E-state index in [0.29, 0.717) is 5.15 Å². The zero-order valence-corrected chi connectivity index (χ0v) is 14.4. The summed E-state index contributed by atoms with van der Waals surface area (Å²) in [5.74, 6) is 0. The van der Waals surface area contributed by atoms with Crippen molar-refractivity contribution < 1.29 is 0 Å². The summed E-state index contributed by atoms with van der Waals surface area (Å²) in [6.45, 7) is 0. The van der Waals surface area contributed by atoms with Crippen LogP contribution in [0.4, 0.5) is 0 Å². The van der Waals surface area contributed by atoms with E-state index in [1.807, 2.05) is 47.1 Å². The van der Waals surface area contributed by atoms with E-state index >= 15 is 0 Å². The highest BCUT2D eigenvalue weighted by molar-refractivity contribution is 7.18. The molecule has 5 rings (SSSR count). The molecule has 120 valence electrons. The highest BCUT2D eigenvalue weighted by atomic mass is 35.5. The van der Waals surface area contributed by atoms with Crippen LogP contribution in [0.3, 0.4) is 0 Å². The lowest BCUT2D eigenvalue weighted by molar-refractivity contribution is 1.06. The second kappa shape index (κ2) is 5.61. The summed E-state index contributed by atoms with van der Waals surface area (Å²) in [6, 6.07) is 12.0. The molecule has 0 amide bonds. The summed E-state index contributed by atoms with van der Waals surface area (Å²) in [4.78, 5) is 10.8. The lowest BCUT2D eigenvalue weighted by Crippen LogP contribution is -1.89. The van der Waals surface area contributed by atoms with Crippen molar-refractivity contribution in [2.24, 2.45) is 0 Å². The molecule has 0 radical (unpaired) electrons. The Morgan fingerprint density at radius 2 is 1.80 bits per heavy atom. The number of hydrogen-bond acceptors (Lipinski definition) is 5. The fourth-order valence-corrected chi connectivity index (χ4v) is 3.98. The Labute approximate surface area is 151 Å². The van der Waals surface area contributed by atoms with Crippen LogP contribution in [0.2, 0.25) is 5.15 Å². The maximum Gasteiger partial charge on any atom is 0.159 e. The monoisotopic (exact) mass is 363 g/mol. The van der Waals surface area contributed by atoms with Crippen molar-refractivity contribution in [2.45, 2.75) is 0 Å². The Kier molecular flexibility index (Phi) is 3.26. The van der Waals surface area contributed by atoms with Gasteiger partial charge in [-0.3, -0.25) is 4.98 Å². The first-order valence-electron chi connectivity index (χ1n) is 7.60. The minimum atomic E-state index is 0.420. The topological polar surface area (TPSA) is 56.0 Å². The molecule has 4 heterocycles. The lowest BCUT2D eigenvalue weighted by atomic mass is 10.1. The van der Waals surface area contributed by atoms with E-state index in [-0.39, 0.29) is 0 Å². The van der Waals surface area contributed by atoms with Crippen LogP contribution in [0.1, 0.15) is 0 Å². The van der Waals surface area contributed by atoms with E-state index < -0.39 is 0 Å². The molecular formula is C18H10ClN5S. The average Bonchev–Trinajstić information content (AvgIpc) is 3.29. The maximum atomic E-state index is 6.17. The molecule has 4 aromatic heterocycles. The van der Waals surface area contributed by atoms with Gasteiger partial charge in [0.25, 0.3) is 0 Å². The summed E-state index contributed by atoms with van der Waals surface area (Å²) in [7, 11) is 0. The number of benzene rings is 1. The van der Waals surface area contributed by atoms with Gasteiger partial charge in [-0.1, -0.05) is 35.9 Å². The van der Waals surface area contributed by atoms with E-state index in [2.05, 4.69) is 26.2 Å². The van der Waals surface area contributed by atoms with Gasteiger partial charge in [-0.25, -0.2) is 4.98 Å². The van der Waals surface area contributed by atoms with Gasteiger partial charge in [0.1, 0.15) is 5.69 Å². The van der Waals surface area contributed by atoms with Gasteiger partial charge in [-0.05, 0) is 12.1 Å². The molecule has 1 aromatic carbocycles. The van der Waals surface area contributed by atoms with Crippen molar-refractivity contribution in [3.63, 3.8) is 0 Å². The minimum Gasteiger partial charge on any atom is -0.304 e. The molecular weight excluding hydrogens is 354 g/mol. The molecule has 25 heavy (non-hydrogen) atoms. The van der Waals surface area contributed by atoms with Crippen molar-refractivity contribution >= 4 is 39.4 Å². The zero-order valence-electron chi connectivity index (χ0n) is 12.8. The van der Waals surface area contributed by atoms with Gasteiger partial charge < -0.3 is 4.40 Å². The molecule has 5 aromatic rings. The van der Waals surface area contributed by atoms with Crippen LogP contribution in [0, 0.1) is 0 Å². The van der Waals surface area contributed by atoms with E-state index in [4.69, 9.17) is 11.6 Å². The largest absolute Gasteiger partial charge is 0.304 e. The van der Waals surface area contributed by atoms with E-state index in [9.17, 15) is 0 Å². The molecule has 0 bridgehead atoms. The van der Waals surface area contributed by atoms with E-state index in [0.717, 1.165) is 37.6 Å². The molecule has 0 fully saturated rings. The summed E-state index contributed by atoms with van der Waals surface area (Å²) in [5.41, 5.74) is 2.57. The molecule has 7 heteroatoms. The van der Waals surface area contributed by atoms with Crippen molar-refractivity contribution in [3.05, 3.63) is 66.3 Å². The second-order valence-corrected chi connectivity index (χ2v) is 6.96. The third-order valence-corrected chi connectivity index (χ3v) is 5.39. The van der Waals surface area contributed by atoms with Crippen molar-refractivity contribution in [3.8, 4) is 21.1 Å². The van der Waals surface area contributed by atoms with E-state index in [1.165, 1.54) is 0 Å². The van der Waals surface area contributed by atoms with Crippen LogP contribution in [-0.4, -0.2) is 24.6 Å². The van der Waals surface area contributed by atoms with Gasteiger partial charge in [0.2, 0.25) is 0 Å². The number of fused-ring (bicyclic) bond motifs is 2. The maximum absolute atomic E-state index is 6.17. The SMILES string of the molecule is Clc1nnc(-c2ccc(-c3cn4ccncc4n3)s2)c2ccccc12. The number of halogens is 1. The zero-order chi connectivity index (χ0) is 16.8. The molecule has 0 aliphatic carbocycles. The fourth-order valence-electron chi connectivity index (χ4n) is 2.82. The highest BCUT2D eigenvalue weighted by Gasteiger charge is 2.13. The smallest absolute Gasteiger partial charge is 0.159 e. The van der Waals surface area contributed by atoms with Crippen LogP contribution in [-0.2, 0) is 0 Å². The number of nitrogens with zero attached hydrogens (tertiary/aromatic N) is 5. The molecule has 0 spiro atoms. The predicted octanol–water partition coefficient (Wildman–Crippen LogP) is 4.72. The first-order chi connectivity index (χ1) is 12.3. The number of rotatable bonds is 2. The van der Waals surface area contributed by atoms with Gasteiger partial charge in [0.15, 0.2) is 10.8 Å². The molecule has 0 saturated heterocycles. The van der Waals surface area contributed by atoms with Gasteiger partial charge in [0.05, 0.1) is 21.6 Å². The van der Waals surface area contributed by atoms with E-state index in [1.54, 1.807) is 23.7 Å². The van der Waals surface area contributed by atoms with Crippen molar-refractivity contribution in [1.29, 1.82) is 0 Å². The number of aromatic nitrogens is 5. The summed E-state index contributed by atoms with van der Waals surface area (Å²) in [5, 5.41) is 10.7. The third kappa shape index (κ3) is 2.38. The van der Waals surface area contributed by atoms with Crippen LogP contribution in [0.25, 0.3) is 37.6 Å². The second-order valence-electron chi connectivity index (χ2n) is 5.52. The standard InChI is InChI=1S/C18H10ClN5S/c19-18-12-4-2-1-3-11(12)17(22-23-18)15-6-5-14(25-15)13-10-24-8-7-20-9-16(24)21-13/h1-10H. The van der Waals surface area contributed by atoms with Gasteiger partial charge >= 0.3 is 0 Å². The molecule has 0 N–H and O–H groups in total. The Morgan fingerprint density at radius 3 is 2.68 bits per heavy atom. The fraction of sp³-hybridized carbons (Fsp3) is 0. The van der Waals surface area contributed by atoms with Crippen molar-refractivity contribution in [1.82, 2.24) is 24.6 Å². The minimum absolute atomic E-state index is 0.420. The van der Waals surface area contributed by atoms with Crippen molar-refractivity contribution in [2.75, 3.05) is 0 Å². The lowest BCUT2D eigenvalue weighted by Gasteiger charge is -2.03. The summed E-state index contributed by atoms with van der Waals surface area (Å²) in [6.07, 6.45) is 7.38. The summed E-state index contributed by atoms with van der Waals surface area (Å²) >= 11 is 7.81. The number of thiophene rings is 1. The first-order valence-corrected chi connectivity index (χ1v) is 8.79. The Balaban J connectivity index is 1.65. The van der Waals surface area contributed by atoms with Crippen LogP contribution in [0.15, 0.2) is 61.2 Å². The average molecular weight is 364 g/mol. The Morgan fingerprint density at radius 1 is 0.960 bits per heavy atom. The first kappa shape index (κ1) is 14.5. The molecule has 0 unspecified atom stereocenters. The molecule has 5 nitrogen and oxygen atoms in total. The number of hydrogen-bond donors (Lipinski definition) is 0. The van der Waals surface area contributed by atoms with Gasteiger partial charge in [-0.2, -0.15) is 0 Å².